The van der Waals surface area contributed by atoms with Crippen LogP contribution in [0.1, 0.15) is 16.7 Å². The Morgan fingerprint density at radius 1 is 0.538 bits per heavy atom. The normalized spacial score (nSPS) is 13.8. The highest BCUT2D eigenvalue weighted by Gasteiger charge is 2.33. The van der Waals surface area contributed by atoms with Gasteiger partial charge in [0.25, 0.3) is 0 Å². The molecule has 0 spiro atoms. The molecule has 0 fully saturated rings. The van der Waals surface area contributed by atoms with Crippen LogP contribution in [0.2, 0.25) is 0 Å². The molecule has 0 heterocycles. The van der Waals surface area contributed by atoms with Crippen LogP contribution in [-0.4, -0.2) is 0 Å². The van der Waals surface area contributed by atoms with Gasteiger partial charge in [-0.1, -0.05) is 54.6 Å². The van der Waals surface area contributed by atoms with Gasteiger partial charge in [0.2, 0.25) is 0 Å². The number of rotatable bonds is 1. The molecule has 0 aliphatic heterocycles. The Morgan fingerprint density at radius 3 is 1.69 bits per heavy atom. The molecule has 0 saturated carbocycles. The Hall–Kier alpha value is -1.56. The van der Waals surface area contributed by atoms with Crippen LogP contribution in [-0.2, 0) is 0 Å². The quantitative estimate of drug-likeness (QED) is 0.520. The van der Waals surface area contributed by atoms with Gasteiger partial charge in [0.15, 0.2) is 0 Å². The van der Waals surface area contributed by atoms with E-state index in [1.54, 1.807) is 0 Å². The molecule has 1 radical (unpaired) electrons. The van der Waals surface area contributed by atoms with Crippen LogP contribution < -0.4 is 0 Å². The van der Waals surface area contributed by atoms with Gasteiger partial charge in [-0.3, -0.25) is 0 Å². The second-order valence-corrected chi connectivity index (χ2v) is 3.29. The predicted octanol–water partition coefficient (Wildman–Crippen LogP) is 3.02. The van der Waals surface area contributed by atoms with Gasteiger partial charge in [-0.2, -0.15) is 0 Å². The summed E-state index contributed by atoms with van der Waals surface area (Å²) >= 11 is 0. The highest BCUT2D eigenvalue weighted by Crippen LogP contribution is 2.46. The summed E-state index contributed by atoms with van der Waals surface area (Å²) in [6, 6.07) is 19.1. The number of benzene rings is 2. The fourth-order valence-electron chi connectivity index (χ4n) is 1.78. The monoisotopic (exact) mass is 165 g/mol. The van der Waals surface area contributed by atoms with Gasteiger partial charge in [0.05, 0.1) is 5.92 Å². The molecule has 3 rings (SSSR count). The van der Waals surface area contributed by atoms with E-state index >= 15 is 0 Å². The van der Waals surface area contributed by atoms with Crippen LogP contribution in [0.25, 0.3) is 0 Å². The van der Waals surface area contributed by atoms with Crippen molar-refractivity contribution >= 4 is 0 Å². The summed E-state index contributed by atoms with van der Waals surface area (Å²) in [6.45, 7) is 0. The molecule has 0 N–H and O–H groups in total. The van der Waals surface area contributed by atoms with Gasteiger partial charge in [0, 0.05) is 0 Å². The lowest BCUT2D eigenvalue weighted by Gasteiger charge is -1.93. The van der Waals surface area contributed by atoms with Crippen molar-refractivity contribution in [1.82, 2.24) is 0 Å². The van der Waals surface area contributed by atoms with Crippen molar-refractivity contribution in [3.8, 4) is 0 Å². The Bertz CT molecular complexity index is 406. The maximum atomic E-state index is 2.18. The average molecular weight is 165 g/mol. The Morgan fingerprint density at radius 2 is 1.08 bits per heavy atom. The van der Waals surface area contributed by atoms with Crippen LogP contribution in [0.4, 0.5) is 0 Å². The first-order valence-electron chi connectivity index (χ1n) is 4.49. The molecular formula is C13H9. The van der Waals surface area contributed by atoms with E-state index in [-0.39, 0.29) is 0 Å². The first kappa shape index (κ1) is 6.90. The van der Waals surface area contributed by atoms with Crippen molar-refractivity contribution in [1.29, 1.82) is 0 Å². The molecule has 0 atom stereocenters. The van der Waals surface area contributed by atoms with Crippen molar-refractivity contribution in [3.63, 3.8) is 0 Å². The molecule has 0 unspecified atom stereocenters. The van der Waals surface area contributed by atoms with Crippen molar-refractivity contribution in [2.75, 3.05) is 0 Å². The summed E-state index contributed by atoms with van der Waals surface area (Å²) in [5, 5.41) is 0. The van der Waals surface area contributed by atoms with Crippen LogP contribution in [0.5, 0.6) is 0 Å². The van der Waals surface area contributed by atoms with E-state index in [9.17, 15) is 0 Å². The van der Waals surface area contributed by atoms with Crippen LogP contribution >= 0.6 is 0 Å². The Labute approximate surface area is 77.8 Å². The second-order valence-electron chi connectivity index (χ2n) is 3.29. The highest BCUT2D eigenvalue weighted by molar-refractivity contribution is 5.74. The first-order valence-corrected chi connectivity index (χ1v) is 4.49. The molecule has 2 aromatic rings. The lowest BCUT2D eigenvalue weighted by atomic mass is 10.1. The van der Waals surface area contributed by atoms with E-state index in [4.69, 9.17) is 0 Å². The lowest BCUT2D eigenvalue weighted by Crippen LogP contribution is -1.79. The summed E-state index contributed by atoms with van der Waals surface area (Å²) in [4.78, 5) is 0. The van der Waals surface area contributed by atoms with Crippen molar-refractivity contribution in [3.05, 3.63) is 77.2 Å². The number of hydrogen-bond acceptors (Lipinski definition) is 0. The maximum Gasteiger partial charge on any atom is 0.0635 e. The molecule has 1 aliphatic rings. The van der Waals surface area contributed by atoms with E-state index < -0.39 is 0 Å². The lowest BCUT2D eigenvalue weighted by molar-refractivity contribution is 1.46. The zero-order chi connectivity index (χ0) is 8.67. The molecule has 0 heteroatoms. The summed E-state index contributed by atoms with van der Waals surface area (Å²) in [5.74, 6) is 1.42. The van der Waals surface area contributed by atoms with Gasteiger partial charge in [0.1, 0.15) is 0 Å². The summed E-state index contributed by atoms with van der Waals surface area (Å²) in [5.41, 5.74) is 4.16. The molecule has 1 aliphatic carbocycles. The van der Waals surface area contributed by atoms with Gasteiger partial charge in [-0.15, -0.1) is 0 Å². The molecule has 0 bridgehead atoms. The summed E-state index contributed by atoms with van der Waals surface area (Å²) in [6.07, 6.45) is 0. The van der Waals surface area contributed by atoms with Crippen molar-refractivity contribution < 1.29 is 0 Å². The van der Waals surface area contributed by atoms with Gasteiger partial charge in [-0.05, 0) is 16.7 Å². The average Bonchev–Trinajstić information content (AvgIpc) is 2.93. The standard InChI is InChI=1S/C13H9/c1-2-6-10(7-3-1)13-11-8-4-5-9-12(11)13/h1-9H. The van der Waals surface area contributed by atoms with E-state index in [1.807, 2.05) is 0 Å². The zero-order valence-corrected chi connectivity index (χ0v) is 7.20. The summed E-state index contributed by atoms with van der Waals surface area (Å²) in [7, 11) is 0. The molecule has 2 aromatic carbocycles. The highest BCUT2D eigenvalue weighted by atomic mass is 14.3. The molecule has 0 saturated heterocycles. The van der Waals surface area contributed by atoms with E-state index in [0.29, 0.717) is 0 Å². The first-order chi connectivity index (χ1) is 6.47. The van der Waals surface area contributed by atoms with E-state index in [0.717, 1.165) is 0 Å². The van der Waals surface area contributed by atoms with Crippen LogP contribution in [0.15, 0.2) is 54.6 Å². The van der Waals surface area contributed by atoms with Crippen molar-refractivity contribution in [2.45, 2.75) is 0 Å². The smallest absolute Gasteiger partial charge is 0.0622 e. The minimum Gasteiger partial charge on any atom is -0.0622 e. The maximum absolute atomic E-state index is 2.18. The topological polar surface area (TPSA) is 0 Å². The predicted molar refractivity (Wildman–Crippen MR) is 53.4 cm³/mol. The third-order valence-electron chi connectivity index (χ3n) is 2.47. The molecule has 13 heavy (non-hydrogen) atoms. The van der Waals surface area contributed by atoms with E-state index in [2.05, 4.69) is 54.6 Å². The zero-order valence-electron chi connectivity index (χ0n) is 7.20. The number of fused-ring (bicyclic) bond motifs is 1. The minimum absolute atomic E-state index is 1.34. The number of hydrogen-bond donors (Lipinski definition) is 0. The van der Waals surface area contributed by atoms with Crippen molar-refractivity contribution in [2.24, 2.45) is 0 Å². The third-order valence-corrected chi connectivity index (χ3v) is 2.47. The van der Waals surface area contributed by atoms with E-state index in [1.165, 1.54) is 22.6 Å². The molecule has 0 aromatic heterocycles. The third kappa shape index (κ3) is 0.988. The minimum atomic E-state index is 1.34. The van der Waals surface area contributed by atoms with Gasteiger partial charge >= 0.3 is 0 Å². The molecule has 61 valence electrons. The van der Waals surface area contributed by atoms with Gasteiger partial charge in [-0.25, -0.2) is 0 Å². The Balaban J connectivity index is 2.02. The van der Waals surface area contributed by atoms with Gasteiger partial charge < -0.3 is 0 Å². The SMILES string of the molecule is c1ccc([C]2c3ccccc32)cc1. The largest absolute Gasteiger partial charge is 0.0635 e. The fraction of sp³-hybridized carbons (Fsp3) is 0. The summed E-state index contributed by atoms with van der Waals surface area (Å²) < 4.78 is 0. The van der Waals surface area contributed by atoms with Crippen LogP contribution in [0, 0.1) is 5.92 Å². The molecular weight excluding hydrogens is 156 g/mol. The fourth-order valence-corrected chi connectivity index (χ4v) is 1.78. The molecule has 0 amide bonds. The Kier molecular flexibility index (Phi) is 1.31. The van der Waals surface area contributed by atoms with Crippen LogP contribution in [0.3, 0.4) is 0 Å². The molecule has 0 nitrogen and oxygen atoms in total. The second kappa shape index (κ2) is 2.46.